The summed E-state index contributed by atoms with van der Waals surface area (Å²) in [7, 11) is -3.60. The van der Waals surface area contributed by atoms with Gasteiger partial charge in [-0.2, -0.15) is 4.31 Å². The largest absolute Gasteiger partial charge is 0.472 e. The molecule has 0 spiro atoms. The maximum Gasteiger partial charge on any atom is 0.248 e. The minimum atomic E-state index is -3.60. The van der Waals surface area contributed by atoms with Crippen LogP contribution in [-0.4, -0.2) is 42.1 Å². The highest BCUT2D eigenvalue weighted by Gasteiger charge is 2.41. The lowest BCUT2D eigenvalue weighted by Gasteiger charge is -2.37. The molecule has 118 valence electrons. The first kappa shape index (κ1) is 15.3. The van der Waals surface area contributed by atoms with Crippen LogP contribution in [0.25, 0.3) is 0 Å². The van der Waals surface area contributed by atoms with Crippen molar-refractivity contribution in [2.75, 3.05) is 13.1 Å². The van der Waals surface area contributed by atoms with Crippen molar-refractivity contribution in [3.63, 3.8) is 0 Å². The highest BCUT2D eigenvalue weighted by atomic mass is 35.5. The second-order valence-corrected chi connectivity index (χ2v) is 7.34. The molecule has 0 aliphatic carbocycles. The van der Waals surface area contributed by atoms with Crippen molar-refractivity contribution in [1.82, 2.24) is 14.4 Å². The molecule has 2 aromatic rings. The summed E-state index contributed by atoms with van der Waals surface area (Å²) < 4.78 is 36.8. The number of aryl methyl sites for hydroxylation is 2. The van der Waals surface area contributed by atoms with Crippen LogP contribution in [0.4, 0.5) is 0 Å². The topological polar surface area (TPSA) is 85.5 Å². The van der Waals surface area contributed by atoms with E-state index in [0.717, 1.165) is 0 Å². The summed E-state index contributed by atoms with van der Waals surface area (Å²) in [6.45, 7) is 3.71. The van der Waals surface area contributed by atoms with Gasteiger partial charge in [-0.3, -0.25) is 0 Å². The zero-order valence-electron chi connectivity index (χ0n) is 12.0. The number of aromatic nitrogens is 2. The number of halogens is 1. The second-order valence-electron chi connectivity index (χ2n) is 5.03. The van der Waals surface area contributed by atoms with Gasteiger partial charge in [0, 0.05) is 12.3 Å². The van der Waals surface area contributed by atoms with Crippen LogP contribution < -0.4 is 4.74 Å². The van der Waals surface area contributed by atoms with Crippen molar-refractivity contribution in [3.05, 3.63) is 34.8 Å². The van der Waals surface area contributed by atoms with E-state index in [0.29, 0.717) is 22.4 Å². The van der Waals surface area contributed by atoms with Crippen LogP contribution in [0, 0.1) is 13.8 Å². The molecule has 0 bridgehead atoms. The Hall–Kier alpha value is -1.64. The molecule has 0 saturated carbocycles. The Balaban J connectivity index is 1.67. The quantitative estimate of drug-likeness (QED) is 0.841. The van der Waals surface area contributed by atoms with E-state index in [4.69, 9.17) is 20.9 Å². The molecule has 9 heteroatoms. The van der Waals surface area contributed by atoms with E-state index in [1.807, 2.05) is 0 Å². The minimum Gasteiger partial charge on any atom is -0.472 e. The van der Waals surface area contributed by atoms with Gasteiger partial charge in [-0.05, 0) is 19.9 Å². The summed E-state index contributed by atoms with van der Waals surface area (Å²) in [5.41, 5.74) is 0.362. The number of rotatable bonds is 4. The van der Waals surface area contributed by atoms with Crippen LogP contribution >= 0.6 is 11.6 Å². The number of pyridine rings is 1. The number of sulfonamides is 1. The molecule has 7 nitrogen and oxygen atoms in total. The van der Waals surface area contributed by atoms with E-state index in [1.54, 1.807) is 26.0 Å². The van der Waals surface area contributed by atoms with Crippen molar-refractivity contribution in [3.8, 4) is 5.88 Å². The predicted octanol–water partition coefficient (Wildman–Crippen LogP) is 1.79. The van der Waals surface area contributed by atoms with Gasteiger partial charge in [-0.25, -0.2) is 13.4 Å². The van der Waals surface area contributed by atoms with Crippen molar-refractivity contribution in [2.45, 2.75) is 24.8 Å². The summed E-state index contributed by atoms with van der Waals surface area (Å²) in [6.07, 6.45) is 1.25. The van der Waals surface area contributed by atoms with Crippen molar-refractivity contribution < 1.29 is 17.7 Å². The van der Waals surface area contributed by atoms with Gasteiger partial charge in [-0.1, -0.05) is 16.8 Å². The fourth-order valence-corrected chi connectivity index (χ4v) is 4.15. The SMILES string of the molecule is Cc1noc(C)c1S(=O)(=O)N1CC(Oc2ccc(Cl)cn2)C1. The minimum absolute atomic E-state index is 0.135. The normalized spacial score (nSPS) is 16.5. The lowest BCUT2D eigenvalue weighted by molar-refractivity contribution is 0.0720. The summed E-state index contributed by atoms with van der Waals surface area (Å²) in [5.74, 6) is 0.713. The monoisotopic (exact) mass is 343 g/mol. The number of hydrogen-bond acceptors (Lipinski definition) is 6. The number of ether oxygens (including phenoxy) is 1. The van der Waals surface area contributed by atoms with Crippen molar-refractivity contribution >= 4 is 21.6 Å². The lowest BCUT2D eigenvalue weighted by atomic mass is 10.2. The zero-order chi connectivity index (χ0) is 15.9. The Kier molecular flexibility index (Phi) is 3.84. The van der Waals surface area contributed by atoms with Crippen LogP contribution in [-0.2, 0) is 10.0 Å². The third-order valence-corrected chi connectivity index (χ3v) is 5.67. The first-order chi connectivity index (χ1) is 10.4. The fourth-order valence-electron chi connectivity index (χ4n) is 2.25. The molecular weight excluding hydrogens is 330 g/mol. The molecule has 3 rings (SSSR count). The van der Waals surface area contributed by atoms with E-state index in [2.05, 4.69) is 10.1 Å². The van der Waals surface area contributed by atoms with Crippen LogP contribution in [0.2, 0.25) is 5.02 Å². The highest BCUT2D eigenvalue weighted by molar-refractivity contribution is 7.89. The van der Waals surface area contributed by atoms with E-state index >= 15 is 0 Å². The molecule has 1 saturated heterocycles. The van der Waals surface area contributed by atoms with E-state index < -0.39 is 10.0 Å². The summed E-state index contributed by atoms with van der Waals surface area (Å²) in [6, 6.07) is 3.31. The van der Waals surface area contributed by atoms with Crippen molar-refractivity contribution in [1.29, 1.82) is 0 Å². The zero-order valence-corrected chi connectivity index (χ0v) is 13.6. The molecule has 1 aliphatic heterocycles. The molecule has 0 amide bonds. The standard InChI is InChI=1S/C13H14ClN3O4S/c1-8-13(9(2)21-16-8)22(18,19)17-6-11(7-17)20-12-4-3-10(14)5-15-12/h3-5,11H,6-7H2,1-2H3. The van der Waals surface area contributed by atoms with E-state index in [1.165, 1.54) is 10.5 Å². The fraction of sp³-hybridized carbons (Fsp3) is 0.385. The van der Waals surface area contributed by atoms with Gasteiger partial charge in [-0.15, -0.1) is 0 Å². The van der Waals surface area contributed by atoms with Gasteiger partial charge < -0.3 is 9.26 Å². The van der Waals surface area contributed by atoms with Crippen LogP contribution in [0.15, 0.2) is 27.7 Å². The van der Waals surface area contributed by atoms with Gasteiger partial charge in [0.25, 0.3) is 0 Å². The molecule has 3 heterocycles. The lowest BCUT2D eigenvalue weighted by Crippen LogP contribution is -2.56. The average Bonchev–Trinajstić information content (AvgIpc) is 2.75. The van der Waals surface area contributed by atoms with Crippen molar-refractivity contribution in [2.24, 2.45) is 0 Å². The molecule has 0 radical (unpaired) electrons. The van der Waals surface area contributed by atoms with Gasteiger partial charge in [0.05, 0.1) is 18.1 Å². The Labute approximate surface area is 132 Å². The van der Waals surface area contributed by atoms with Gasteiger partial charge in [0.1, 0.15) is 16.7 Å². The molecule has 1 aliphatic rings. The van der Waals surface area contributed by atoms with Crippen LogP contribution in [0.3, 0.4) is 0 Å². The Morgan fingerprint density at radius 2 is 2.09 bits per heavy atom. The molecule has 0 aromatic carbocycles. The maximum atomic E-state index is 12.5. The molecule has 0 N–H and O–H groups in total. The Bertz CT molecular complexity index is 763. The molecule has 22 heavy (non-hydrogen) atoms. The number of nitrogens with zero attached hydrogens (tertiary/aromatic N) is 3. The molecular formula is C13H14ClN3O4S. The predicted molar refractivity (Wildman–Crippen MR) is 78.4 cm³/mol. The summed E-state index contributed by atoms with van der Waals surface area (Å²) in [5, 5.41) is 4.20. The smallest absolute Gasteiger partial charge is 0.248 e. The van der Waals surface area contributed by atoms with Gasteiger partial charge in [0.15, 0.2) is 5.76 Å². The molecule has 2 aromatic heterocycles. The molecule has 1 fully saturated rings. The first-order valence-corrected chi connectivity index (χ1v) is 8.41. The third-order valence-electron chi connectivity index (χ3n) is 3.37. The number of hydrogen-bond donors (Lipinski definition) is 0. The molecule has 0 atom stereocenters. The van der Waals surface area contributed by atoms with E-state index in [9.17, 15) is 8.42 Å². The Morgan fingerprint density at radius 1 is 1.36 bits per heavy atom. The summed E-state index contributed by atoms with van der Waals surface area (Å²) in [4.78, 5) is 4.15. The van der Waals surface area contributed by atoms with Crippen LogP contribution in [0.1, 0.15) is 11.5 Å². The third kappa shape index (κ3) is 2.69. The molecule has 0 unspecified atom stereocenters. The summed E-state index contributed by atoms with van der Waals surface area (Å²) >= 11 is 5.75. The average molecular weight is 344 g/mol. The van der Waals surface area contributed by atoms with Gasteiger partial charge in [0.2, 0.25) is 15.9 Å². The highest BCUT2D eigenvalue weighted by Crippen LogP contribution is 2.28. The van der Waals surface area contributed by atoms with Crippen LogP contribution in [0.5, 0.6) is 5.88 Å². The Morgan fingerprint density at radius 3 is 2.64 bits per heavy atom. The van der Waals surface area contributed by atoms with Gasteiger partial charge >= 0.3 is 0 Å². The van der Waals surface area contributed by atoms with E-state index in [-0.39, 0.29) is 24.1 Å². The second kappa shape index (κ2) is 5.53. The maximum absolute atomic E-state index is 12.5. The first-order valence-electron chi connectivity index (χ1n) is 6.59.